The van der Waals surface area contributed by atoms with Crippen LogP contribution in [0.25, 0.3) is 6.08 Å². The van der Waals surface area contributed by atoms with E-state index in [2.05, 4.69) is 46.6 Å². The van der Waals surface area contributed by atoms with Crippen LogP contribution in [0.2, 0.25) is 0 Å². The first-order valence-electron chi connectivity index (χ1n) is 5.29. The molecule has 0 N–H and O–H groups in total. The Kier molecular flexibility index (Phi) is 1.98. The summed E-state index contributed by atoms with van der Waals surface area (Å²) in [6, 6.07) is 8.55. The molecular weight excluding hydrogens is 184 g/mol. The summed E-state index contributed by atoms with van der Waals surface area (Å²) in [5.41, 5.74) is 3.90. The van der Waals surface area contributed by atoms with Gasteiger partial charge in [0.1, 0.15) is 0 Å². The Labute approximate surface area is 89.0 Å². The topological polar surface area (TPSA) is 24.7 Å². The zero-order valence-electron chi connectivity index (χ0n) is 8.43. The van der Waals surface area contributed by atoms with E-state index in [9.17, 15) is 0 Å². The van der Waals surface area contributed by atoms with Gasteiger partial charge in [-0.2, -0.15) is 10.2 Å². The minimum absolute atomic E-state index is 0.439. The third-order valence-corrected chi connectivity index (χ3v) is 3.01. The van der Waals surface area contributed by atoms with Gasteiger partial charge in [0.25, 0.3) is 0 Å². The van der Waals surface area contributed by atoms with Gasteiger partial charge in [0, 0.05) is 18.6 Å². The van der Waals surface area contributed by atoms with Gasteiger partial charge in [-0.1, -0.05) is 36.4 Å². The van der Waals surface area contributed by atoms with E-state index in [0.717, 1.165) is 12.8 Å². The highest BCUT2D eigenvalue weighted by Crippen LogP contribution is 2.31. The van der Waals surface area contributed by atoms with E-state index >= 15 is 0 Å². The summed E-state index contributed by atoms with van der Waals surface area (Å²) < 4.78 is 0. The van der Waals surface area contributed by atoms with Gasteiger partial charge >= 0.3 is 0 Å². The van der Waals surface area contributed by atoms with Crippen LogP contribution in [0.3, 0.4) is 0 Å². The van der Waals surface area contributed by atoms with Crippen LogP contribution in [0.1, 0.15) is 29.9 Å². The van der Waals surface area contributed by atoms with Crippen molar-refractivity contribution in [2.24, 2.45) is 10.2 Å². The van der Waals surface area contributed by atoms with E-state index in [1.54, 1.807) is 0 Å². The Morgan fingerprint density at radius 1 is 1.20 bits per heavy atom. The molecule has 0 bridgehead atoms. The molecule has 1 aliphatic carbocycles. The van der Waals surface area contributed by atoms with Crippen LogP contribution in [-0.4, -0.2) is 11.9 Å². The van der Waals surface area contributed by atoms with Gasteiger partial charge in [-0.05, 0) is 17.5 Å². The molecule has 1 unspecified atom stereocenters. The van der Waals surface area contributed by atoms with Crippen molar-refractivity contribution in [3.05, 3.63) is 41.5 Å². The van der Waals surface area contributed by atoms with Crippen LogP contribution in [-0.2, 0) is 0 Å². The number of fused-ring (bicyclic) bond motifs is 3. The second kappa shape index (κ2) is 3.46. The first-order valence-corrected chi connectivity index (χ1v) is 5.29. The van der Waals surface area contributed by atoms with E-state index in [1.165, 1.54) is 16.8 Å². The molecule has 2 heteroatoms. The van der Waals surface area contributed by atoms with Crippen molar-refractivity contribution >= 4 is 18.0 Å². The van der Waals surface area contributed by atoms with Gasteiger partial charge in [-0.15, -0.1) is 0 Å². The molecule has 3 rings (SSSR count). The zero-order valence-corrected chi connectivity index (χ0v) is 8.43. The molecule has 2 aliphatic rings. The first kappa shape index (κ1) is 8.60. The molecule has 15 heavy (non-hydrogen) atoms. The highest BCUT2D eigenvalue weighted by atomic mass is 15.2. The van der Waals surface area contributed by atoms with Crippen molar-refractivity contribution in [3.63, 3.8) is 0 Å². The van der Waals surface area contributed by atoms with Gasteiger partial charge in [0.05, 0.1) is 5.71 Å². The summed E-state index contributed by atoms with van der Waals surface area (Å²) in [5.74, 6) is 0.439. The van der Waals surface area contributed by atoms with Crippen molar-refractivity contribution in [3.8, 4) is 0 Å². The lowest BCUT2D eigenvalue weighted by atomic mass is 9.88. The number of rotatable bonds is 0. The van der Waals surface area contributed by atoms with Crippen LogP contribution in [0, 0.1) is 0 Å². The molecule has 74 valence electrons. The molecule has 0 radical (unpaired) electrons. The number of nitrogens with zero attached hydrogens (tertiary/aromatic N) is 2. The minimum Gasteiger partial charge on any atom is -0.164 e. The van der Waals surface area contributed by atoms with Crippen LogP contribution in [0.4, 0.5) is 0 Å². The number of hydrogen-bond donors (Lipinski definition) is 0. The lowest BCUT2D eigenvalue weighted by Gasteiger charge is -2.18. The second-order valence-corrected chi connectivity index (χ2v) is 3.91. The van der Waals surface area contributed by atoms with Gasteiger partial charge in [0.15, 0.2) is 0 Å². The predicted molar refractivity (Wildman–Crippen MR) is 63.4 cm³/mol. The van der Waals surface area contributed by atoms with Crippen LogP contribution >= 0.6 is 0 Å². The molecule has 1 aromatic carbocycles. The Morgan fingerprint density at radius 2 is 2.13 bits per heavy atom. The van der Waals surface area contributed by atoms with Crippen molar-refractivity contribution in [1.29, 1.82) is 0 Å². The summed E-state index contributed by atoms with van der Waals surface area (Å²) in [6.45, 7) is 0. The third kappa shape index (κ3) is 1.42. The molecule has 0 saturated heterocycles. The molecule has 2 nitrogen and oxygen atoms in total. The number of hydrogen-bond acceptors (Lipinski definition) is 2. The predicted octanol–water partition coefficient (Wildman–Crippen LogP) is 3.02. The fraction of sp³-hybridized carbons (Fsp3) is 0.231. The SMILES string of the molecule is C1=Cc2ccccc2C2CC=NN=C2C1. The maximum atomic E-state index is 4.25. The molecule has 0 saturated carbocycles. The molecule has 1 heterocycles. The number of allylic oxidation sites excluding steroid dienone is 1. The average Bonchev–Trinajstić information content (AvgIpc) is 2.48. The Bertz CT molecular complexity index is 469. The first-order chi connectivity index (χ1) is 7.45. The maximum Gasteiger partial charge on any atom is 0.0521 e. The molecular formula is C13H12N2. The Balaban J connectivity index is 2.15. The summed E-state index contributed by atoms with van der Waals surface area (Å²) in [4.78, 5) is 0. The van der Waals surface area contributed by atoms with E-state index in [0.29, 0.717) is 5.92 Å². The highest BCUT2D eigenvalue weighted by Gasteiger charge is 2.22. The van der Waals surface area contributed by atoms with Crippen LogP contribution in [0.5, 0.6) is 0 Å². The molecule has 1 atom stereocenters. The van der Waals surface area contributed by atoms with Gasteiger partial charge < -0.3 is 0 Å². The molecule has 0 spiro atoms. The maximum absolute atomic E-state index is 4.25. The van der Waals surface area contributed by atoms with Gasteiger partial charge in [0.2, 0.25) is 0 Å². The normalized spacial score (nSPS) is 22.7. The summed E-state index contributed by atoms with van der Waals surface area (Å²) in [6.07, 6.45) is 8.19. The fourth-order valence-electron chi connectivity index (χ4n) is 2.25. The van der Waals surface area contributed by atoms with Crippen LogP contribution in [0.15, 0.2) is 40.5 Å². The molecule has 1 aromatic rings. The zero-order chi connectivity index (χ0) is 10.1. The second-order valence-electron chi connectivity index (χ2n) is 3.91. The Morgan fingerprint density at radius 3 is 3.13 bits per heavy atom. The molecule has 1 aliphatic heterocycles. The summed E-state index contributed by atoms with van der Waals surface area (Å²) in [7, 11) is 0. The van der Waals surface area contributed by atoms with Crippen LogP contribution < -0.4 is 0 Å². The third-order valence-electron chi connectivity index (χ3n) is 3.01. The van der Waals surface area contributed by atoms with E-state index < -0.39 is 0 Å². The van der Waals surface area contributed by atoms with E-state index in [4.69, 9.17) is 0 Å². The monoisotopic (exact) mass is 196 g/mol. The average molecular weight is 196 g/mol. The quantitative estimate of drug-likeness (QED) is 0.609. The summed E-state index contributed by atoms with van der Waals surface area (Å²) in [5, 5.41) is 8.25. The molecule has 0 aromatic heterocycles. The summed E-state index contributed by atoms with van der Waals surface area (Å²) >= 11 is 0. The van der Waals surface area contributed by atoms with Crippen molar-refractivity contribution in [1.82, 2.24) is 0 Å². The molecule has 0 fully saturated rings. The van der Waals surface area contributed by atoms with Crippen molar-refractivity contribution < 1.29 is 0 Å². The lowest BCUT2D eigenvalue weighted by molar-refractivity contribution is 0.895. The molecule has 0 amide bonds. The largest absolute Gasteiger partial charge is 0.164 e. The number of benzene rings is 1. The van der Waals surface area contributed by atoms with Gasteiger partial charge in [-0.25, -0.2) is 0 Å². The lowest BCUT2D eigenvalue weighted by Crippen LogP contribution is -2.15. The van der Waals surface area contributed by atoms with E-state index in [1.807, 2.05) is 6.21 Å². The standard InChI is InChI=1S/C13H12N2/c1-2-6-11-10(4-1)5-3-7-13-12(11)8-9-14-15-13/h1-6,9,12H,7-8H2. The van der Waals surface area contributed by atoms with Crippen molar-refractivity contribution in [2.75, 3.05) is 0 Å². The Hall–Kier alpha value is -1.70. The smallest absolute Gasteiger partial charge is 0.0521 e. The fourth-order valence-corrected chi connectivity index (χ4v) is 2.25. The minimum atomic E-state index is 0.439. The van der Waals surface area contributed by atoms with E-state index in [-0.39, 0.29) is 0 Å². The van der Waals surface area contributed by atoms with Gasteiger partial charge in [-0.3, -0.25) is 0 Å². The highest BCUT2D eigenvalue weighted by molar-refractivity contribution is 5.97. The van der Waals surface area contributed by atoms with Crippen molar-refractivity contribution in [2.45, 2.75) is 18.8 Å².